The third kappa shape index (κ3) is 3.99. The molecule has 6 heteroatoms. The van der Waals surface area contributed by atoms with Crippen LogP contribution in [0.25, 0.3) is 11.1 Å². The minimum atomic E-state index is 0.311. The molecule has 1 unspecified atom stereocenters. The molecule has 1 aromatic carbocycles. The Morgan fingerprint density at radius 1 is 1.06 bits per heavy atom. The first kappa shape index (κ1) is 20.6. The third-order valence-electron chi connectivity index (χ3n) is 7.64. The van der Waals surface area contributed by atoms with Crippen LogP contribution >= 0.6 is 0 Å². The Morgan fingerprint density at radius 3 is 2.58 bits per heavy atom. The molecule has 6 nitrogen and oxygen atoms in total. The van der Waals surface area contributed by atoms with Crippen molar-refractivity contribution in [1.29, 1.82) is 0 Å². The number of aromatic nitrogens is 2. The van der Waals surface area contributed by atoms with E-state index in [1.807, 2.05) is 12.4 Å². The summed E-state index contributed by atoms with van der Waals surface area (Å²) in [6, 6.07) is 8.17. The van der Waals surface area contributed by atoms with Gasteiger partial charge in [0.1, 0.15) is 6.33 Å². The zero-order valence-electron chi connectivity index (χ0n) is 18.9. The average molecular weight is 420 g/mol. The Labute approximate surface area is 185 Å². The molecule has 3 atom stereocenters. The van der Waals surface area contributed by atoms with Crippen molar-refractivity contribution in [3.8, 4) is 11.1 Å². The lowest BCUT2D eigenvalue weighted by molar-refractivity contribution is -0.135. The summed E-state index contributed by atoms with van der Waals surface area (Å²) in [5.74, 6) is 0.970. The molecule has 3 aliphatic heterocycles. The van der Waals surface area contributed by atoms with E-state index in [0.29, 0.717) is 36.5 Å². The molecular weight excluding hydrogens is 386 g/mol. The van der Waals surface area contributed by atoms with Crippen molar-refractivity contribution in [3.63, 3.8) is 0 Å². The number of fused-ring (bicyclic) bond motifs is 3. The summed E-state index contributed by atoms with van der Waals surface area (Å²) < 4.78 is 0. The zero-order chi connectivity index (χ0) is 21.5. The molecule has 4 heterocycles. The monoisotopic (exact) mass is 419 g/mol. The quantitative estimate of drug-likeness (QED) is 0.746. The van der Waals surface area contributed by atoms with Crippen LogP contribution in [0.5, 0.6) is 0 Å². The molecule has 3 aliphatic rings. The summed E-state index contributed by atoms with van der Waals surface area (Å²) in [5.41, 5.74) is 4.92. The molecule has 1 aromatic heterocycles. The Hall–Kier alpha value is -2.31. The van der Waals surface area contributed by atoms with Gasteiger partial charge < -0.3 is 4.90 Å². The van der Waals surface area contributed by atoms with Crippen molar-refractivity contribution in [2.24, 2.45) is 5.92 Å². The summed E-state index contributed by atoms with van der Waals surface area (Å²) in [6.45, 7) is 11.2. The summed E-state index contributed by atoms with van der Waals surface area (Å²) in [5, 5.41) is 0. The van der Waals surface area contributed by atoms with Crippen LogP contribution in [0.1, 0.15) is 38.3 Å². The molecule has 2 bridgehead atoms. The van der Waals surface area contributed by atoms with E-state index in [4.69, 9.17) is 0 Å². The second-order valence-corrected chi connectivity index (χ2v) is 9.84. The highest BCUT2D eigenvalue weighted by Gasteiger charge is 2.46. The van der Waals surface area contributed by atoms with Gasteiger partial charge in [0, 0.05) is 62.3 Å². The van der Waals surface area contributed by atoms with Gasteiger partial charge in [-0.25, -0.2) is 9.97 Å². The maximum absolute atomic E-state index is 13.1. The van der Waals surface area contributed by atoms with Crippen LogP contribution in [0, 0.1) is 5.92 Å². The lowest BCUT2D eigenvalue weighted by Gasteiger charge is -2.40. The Bertz CT molecular complexity index is 946. The van der Waals surface area contributed by atoms with Gasteiger partial charge in [-0.15, -0.1) is 0 Å². The van der Waals surface area contributed by atoms with E-state index in [-0.39, 0.29) is 0 Å². The number of piperazine rings is 1. The van der Waals surface area contributed by atoms with E-state index in [9.17, 15) is 4.79 Å². The van der Waals surface area contributed by atoms with Gasteiger partial charge in [-0.2, -0.15) is 0 Å². The Morgan fingerprint density at radius 2 is 1.87 bits per heavy atom. The number of likely N-dealkylation sites (tertiary alicyclic amines) is 2. The maximum Gasteiger partial charge on any atom is 0.237 e. The fraction of sp³-hybridized carbons (Fsp3) is 0.560. The lowest BCUT2D eigenvalue weighted by Crippen LogP contribution is -2.54. The highest BCUT2D eigenvalue weighted by molar-refractivity contribution is 5.79. The zero-order valence-corrected chi connectivity index (χ0v) is 18.9. The first-order valence-electron chi connectivity index (χ1n) is 11.6. The molecular formula is C25H33N5O. The van der Waals surface area contributed by atoms with E-state index in [1.54, 1.807) is 6.33 Å². The van der Waals surface area contributed by atoms with Crippen LogP contribution < -0.4 is 0 Å². The average Bonchev–Trinajstić information content (AvgIpc) is 3.40. The summed E-state index contributed by atoms with van der Waals surface area (Å²) in [7, 11) is 0. The molecule has 0 saturated carbocycles. The number of amides is 1. The Kier molecular flexibility index (Phi) is 5.52. The smallest absolute Gasteiger partial charge is 0.237 e. The van der Waals surface area contributed by atoms with Gasteiger partial charge in [0.15, 0.2) is 0 Å². The number of rotatable bonds is 5. The van der Waals surface area contributed by atoms with Crippen LogP contribution in [0.3, 0.4) is 0 Å². The fourth-order valence-corrected chi connectivity index (χ4v) is 5.54. The molecule has 31 heavy (non-hydrogen) atoms. The standard InChI is InChI=1S/C25H33N5O/c1-17(2)18(3)29-13-24-9-23(29)14-30(24)25(31)15-28-7-6-20-8-19(4-5-21(20)12-28)22-10-26-16-27-11-22/h4-5,8,10-11,16-18,23-24H,6-7,9,12-15H2,1-3H3/t18?,23-,24-/m0/s1. The van der Waals surface area contributed by atoms with Gasteiger partial charge in [0.2, 0.25) is 5.91 Å². The number of hydrogen-bond donors (Lipinski definition) is 0. The predicted octanol–water partition coefficient (Wildman–Crippen LogP) is 2.83. The van der Waals surface area contributed by atoms with E-state index >= 15 is 0 Å². The van der Waals surface area contributed by atoms with Crippen molar-refractivity contribution in [2.45, 2.75) is 58.3 Å². The predicted molar refractivity (Wildman–Crippen MR) is 121 cm³/mol. The largest absolute Gasteiger partial charge is 0.336 e. The summed E-state index contributed by atoms with van der Waals surface area (Å²) in [6.07, 6.45) is 7.41. The van der Waals surface area contributed by atoms with Crippen LogP contribution in [0.4, 0.5) is 0 Å². The number of carbonyl (C=O) groups excluding carboxylic acids is 1. The van der Waals surface area contributed by atoms with Crippen LogP contribution in [-0.2, 0) is 17.8 Å². The highest BCUT2D eigenvalue weighted by Crippen LogP contribution is 2.34. The van der Waals surface area contributed by atoms with Gasteiger partial charge >= 0.3 is 0 Å². The van der Waals surface area contributed by atoms with Gasteiger partial charge in [0.25, 0.3) is 0 Å². The molecule has 0 N–H and O–H groups in total. The second kappa shape index (κ2) is 8.32. The first-order valence-corrected chi connectivity index (χ1v) is 11.6. The number of hydrogen-bond acceptors (Lipinski definition) is 5. The normalized spacial score (nSPS) is 24.6. The fourth-order valence-electron chi connectivity index (χ4n) is 5.54. The minimum absolute atomic E-state index is 0.311. The molecule has 5 rings (SSSR count). The SMILES string of the molecule is CC(C)C(C)N1C[C@@H]2C[C@H]1CN2C(=O)CN1CCc2cc(-c3cncnc3)ccc2C1. The molecule has 2 fully saturated rings. The van der Waals surface area contributed by atoms with E-state index in [1.165, 1.54) is 11.1 Å². The maximum atomic E-state index is 13.1. The van der Waals surface area contributed by atoms with Crippen LogP contribution in [0.2, 0.25) is 0 Å². The van der Waals surface area contributed by atoms with E-state index in [2.05, 4.69) is 63.6 Å². The summed E-state index contributed by atoms with van der Waals surface area (Å²) in [4.78, 5) is 28.5. The van der Waals surface area contributed by atoms with Crippen LogP contribution in [-0.4, -0.2) is 74.9 Å². The van der Waals surface area contributed by atoms with Crippen molar-refractivity contribution in [1.82, 2.24) is 24.7 Å². The van der Waals surface area contributed by atoms with Crippen molar-refractivity contribution in [3.05, 3.63) is 48.0 Å². The molecule has 0 spiro atoms. The lowest BCUT2D eigenvalue weighted by atomic mass is 9.95. The van der Waals surface area contributed by atoms with Crippen LogP contribution in [0.15, 0.2) is 36.9 Å². The van der Waals surface area contributed by atoms with Gasteiger partial charge in [0.05, 0.1) is 6.54 Å². The van der Waals surface area contributed by atoms with Gasteiger partial charge in [-0.3, -0.25) is 14.6 Å². The second-order valence-electron chi connectivity index (χ2n) is 9.84. The van der Waals surface area contributed by atoms with Crippen molar-refractivity contribution >= 4 is 5.91 Å². The number of benzene rings is 1. The molecule has 1 amide bonds. The molecule has 0 aliphatic carbocycles. The van der Waals surface area contributed by atoms with Crippen molar-refractivity contribution in [2.75, 3.05) is 26.2 Å². The third-order valence-corrected chi connectivity index (χ3v) is 7.64. The van der Waals surface area contributed by atoms with Gasteiger partial charge in [-0.1, -0.05) is 32.0 Å². The summed E-state index contributed by atoms with van der Waals surface area (Å²) >= 11 is 0. The topological polar surface area (TPSA) is 52.6 Å². The molecule has 2 aromatic rings. The Balaban J connectivity index is 1.19. The highest BCUT2D eigenvalue weighted by atomic mass is 16.2. The van der Waals surface area contributed by atoms with E-state index < -0.39 is 0 Å². The van der Waals surface area contributed by atoms with E-state index in [0.717, 1.165) is 50.1 Å². The van der Waals surface area contributed by atoms with Gasteiger partial charge in [-0.05, 0) is 42.4 Å². The first-order chi connectivity index (χ1) is 15.0. The van der Waals surface area contributed by atoms with Crippen molar-refractivity contribution < 1.29 is 4.79 Å². The molecule has 164 valence electrons. The number of nitrogens with zero attached hydrogens (tertiary/aromatic N) is 5. The molecule has 2 saturated heterocycles. The minimum Gasteiger partial charge on any atom is -0.336 e. The molecule has 0 radical (unpaired) electrons. The number of carbonyl (C=O) groups is 1.